The Hall–Kier alpha value is -3.63. The number of halogens is 1. The van der Waals surface area contributed by atoms with Gasteiger partial charge >= 0.3 is 11.8 Å². The van der Waals surface area contributed by atoms with E-state index in [9.17, 15) is 19.5 Å². The molecule has 8 nitrogen and oxygen atoms in total. The standard InChI is InChI=1S/C24H19FN2O6S/c1-11-19(33-24(31)32-11)10-26-9-13-3-5-14(6-4-13)15-8-18-16(7-17(15)25)21(28)20(23(29)30)22-27(18)12(2)34-22/h3-8,12,26H,9-10H2,1-2H3,(H,29,30). The zero-order valence-electron chi connectivity index (χ0n) is 18.2. The minimum Gasteiger partial charge on any atom is -0.477 e. The summed E-state index contributed by atoms with van der Waals surface area (Å²) in [5, 5.41) is 13.0. The fourth-order valence-electron chi connectivity index (χ4n) is 4.11. The van der Waals surface area contributed by atoms with Gasteiger partial charge in [-0.3, -0.25) is 4.79 Å². The maximum absolute atomic E-state index is 15.0. The van der Waals surface area contributed by atoms with Crippen molar-refractivity contribution < 1.29 is 23.1 Å². The third-order valence-corrected chi connectivity index (χ3v) is 7.00. The maximum Gasteiger partial charge on any atom is 0.519 e. The normalized spacial score (nSPS) is 14.7. The predicted molar refractivity (Wildman–Crippen MR) is 124 cm³/mol. The molecule has 0 spiro atoms. The number of nitrogens with one attached hydrogen (secondary N) is 1. The lowest BCUT2D eigenvalue weighted by atomic mass is 10.00. The van der Waals surface area contributed by atoms with Crippen LogP contribution in [0, 0.1) is 12.7 Å². The third kappa shape index (κ3) is 3.64. The van der Waals surface area contributed by atoms with Crippen molar-refractivity contribution in [3.05, 3.63) is 85.7 Å². The monoisotopic (exact) mass is 482 g/mol. The zero-order valence-corrected chi connectivity index (χ0v) is 19.0. The molecule has 2 aromatic carbocycles. The molecule has 3 heterocycles. The molecule has 2 aromatic heterocycles. The Morgan fingerprint density at radius 2 is 1.91 bits per heavy atom. The summed E-state index contributed by atoms with van der Waals surface area (Å²) in [5.41, 5.74) is 1.40. The lowest BCUT2D eigenvalue weighted by Crippen LogP contribution is -2.28. The van der Waals surface area contributed by atoms with Crippen LogP contribution in [0.2, 0.25) is 0 Å². The second kappa shape index (κ2) is 8.30. The van der Waals surface area contributed by atoms with Crippen molar-refractivity contribution in [1.29, 1.82) is 0 Å². The van der Waals surface area contributed by atoms with Crippen molar-refractivity contribution in [3.63, 3.8) is 0 Å². The summed E-state index contributed by atoms with van der Waals surface area (Å²) in [6, 6.07) is 9.99. The molecule has 174 valence electrons. The lowest BCUT2D eigenvalue weighted by Gasteiger charge is -2.32. The van der Waals surface area contributed by atoms with E-state index in [1.54, 1.807) is 29.7 Å². The number of hydrogen-bond acceptors (Lipinski definition) is 7. The predicted octanol–water partition coefficient (Wildman–Crippen LogP) is 4.27. The highest BCUT2D eigenvalue weighted by Crippen LogP contribution is 2.46. The fraction of sp³-hybridized carbons (Fsp3) is 0.208. The molecule has 0 amide bonds. The number of carboxylic acid groups (broad SMARTS) is 1. The molecule has 0 fully saturated rings. The maximum atomic E-state index is 15.0. The van der Waals surface area contributed by atoms with Gasteiger partial charge < -0.3 is 23.8 Å². The van der Waals surface area contributed by atoms with Gasteiger partial charge in [-0.05, 0) is 37.1 Å². The number of carboxylic acids is 1. The fourth-order valence-corrected chi connectivity index (χ4v) is 5.27. The molecular formula is C24H19FN2O6S. The van der Waals surface area contributed by atoms with E-state index in [4.69, 9.17) is 8.83 Å². The van der Waals surface area contributed by atoms with Gasteiger partial charge in [-0.2, -0.15) is 0 Å². The first-order chi connectivity index (χ1) is 16.2. The van der Waals surface area contributed by atoms with E-state index >= 15 is 4.39 Å². The highest BCUT2D eigenvalue weighted by atomic mass is 32.2. The number of nitrogens with zero attached hydrogens (tertiary/aromatic N) is 1. The molecule has 0 bridgehead atoms. The highest BCUT2D eigenvalue weighted by Gasteiger charge is 2.33. The van der Waals surface area contributed by atoms with Gasteiger partial charge in [0.1, 0.15) is 17.1 Å². The van der Waals surface area contributed by atoms with E-state index < -0.39 is 23.0 Å². The van der Waals surface area contributed by atoms with Gasteiger partial charge in [0.2, 0.25) is 5.43 Å². The Morgan fingerprint density at radius 1 is 1.18 bits per heavy atom. The third-order valence-electron chi connectivity index (χ3n) is 5.82. The molecule has 2 N–H and O–H groups in total. The Kier molecular flexibility index (Phi) is 5.41. The minimum absolute atomic E-state index is 0.0524. The number of aromatic carboxylic acids is 1. The first-order valence-corrected chi connectivity index (χ1v) is 11.3. The average Bonchev–Trinajstić information content (AvgIpc) is 3.10. The van der Waals surface area contributed by atoms with Gasteiger partial charge in [-0.15, -0.1) is 0 Å². The number of fused-ring (bicyclic) bond motifs is 3. The molecular weight excluding hydrogens is 463 g/mol. The van der Waals surface area contributed by atoms with Crippen molar-refractivity contribution >= 4 is 28.6 Å². The molecule has 10 heteroatoms. The molecule has 0 aliphatic carbocycles. The molecule has 1 atom stereocenters. The van der Waals surface area contributed by atoms with Crippen LogP contribution in [0.3, 0.4) is 0 Å². The van der Waals surface area contributed by atoms with Crippen LogP contribution in [-0.2, 0) is 13.1 Å². The summed E-state index contributed by atoms with van der Waals surface area (Å²) in [5.74, 6) is -1.78. The van der Waals surface area contributed by atoms with Crippen molar-refractivity contribution in [2.75, 3.05) is 0 Å². The van der Waals surface area contributed by atoms with Crippen molar-refractivity contribution in [1.82, 2.24) is 9.88 Å². The van der Waals surface area contributed by atoms with Crippen LogP contribution in [0.4, 0.5) is 4.39 Å². The van der Waals surface area contributed by atoms with E-state index in [1.807, 2.05) is 19.1 Å². The van der Waals surface area contributed by atoms with Crippen molar-refractivity contribution in [2.45, 2.75) is 37.3 Å². The van der Waals surface area contributed by atoms with Gasteiger partial charge in [0.15, 0.2) is 5.76 Å². The number of thioether (sulfide) groups is 1. The van der Waals surface area contributed by atoms with Crippen molar-refractivity contribution in [2.24, 2.45) is 0 Å². The molecule has 1 aliphatic rings. The number of aromatic nitrogens is 1. The molecule has 5 rings (SSSR count). The summed E-state index contributed by atoms with van der Waals surface area (Å²) in [7, 11) is 0. The molecule has 1 unspecified atom stereocenters. The summed E-state index contributed by atoms with van der Waals surface area (Å²) in [6.07, 6.45) is 0. The molecule has 0 saturated carbocycles. The summed E-state index contributed by atoms with van der Waals surface area (Å²) in [4.78, 5) is 35.5. The smallest absolute Gasteiger partial charge is 0.477 e. The van der Waals surface area contributed by atoms with Crippen LogP contribution in [0.1, 0.15) is 39.7 Å². The lowest BCUT2D eigenvalue weighted by molar-refractivity contribution is 0.0689. The molecule has 34 heavy (non-hydrogen) atoms. The topological polar surface area (TPSA) is 115 Å². The number of pyridine rings is 1. The minimum atomic E-state index is -1.31. The number of aryl methyl sites for hydroxylation is 1. The van der Waals surface area contributed by atoms with Crippen LogP contribution in [0.25, 0.3) is 22.0 Å². The largest absolute Gasteiger partial charge is 0.519 e. The zero-order chi connectivity index (χ0) is 24.1. The summed E-state index contributed by atoms with van der Waals surface area (Å²) >= 11 is 1.31. The number of rotatable bonds is 6. The van der Waals surface area contributed by atoms with Gasteiger partial charge in [-0.1, -0.05) is 36.0 Å². The number of carbonyl (C=O) groups is 1. The van der Waals surface area contributed by atoms with E-state index in [-0.39, 0.29) is 16.3 Å². The summed E-state index contributed by atoms with van der Waals surface area (Å²) < 4.78 is 26.6. The van der Waals surface area contributed by atoms with Crippen LogP contribution in [-0.4, -0.2) is 15.6 Å². The first kappa shape index (κ1) is 22.2. The Labute approximate surface area is 196 Å². The van der Waals surface area contributed by atoms with Crippen LogP contribution in [0.15, 0.2) is 59.8 Å². The van der Waals surface area contributed by atoms with Crippen molar-refractivity contribution in [3.8, 4) is 11.1 Å². The second-order valence-corrected chi connectivity index (χ2v) is 9.29. The number of benzene rings is 2. The second-order valence-electron chi connectivity index (χ2n) is 7.98. The average molecular weight is 482 g/mol. The first-order valence-electron chi connectivity index (χ1n) is 10.5. The van der Waals surface area contributed by atoms with Crippen LogP contribution < -0.4 is 16.6 Å². The van der Waals surface area contributed by atoms with E-state index in [1.165, 1.54) is 11.8 Å². The SMILES string of the molecule is Cc1oc(=O)oc1CNCc1ccc(-c2cc3c(cc2F)c(=O)c(C(=O)O)c2n3C(C)S2)cc1. The highest BCUT2D eigenvalue weighted by molar-refractivity contribution is 8.00. The van der Waals surface area contributed by atoms with E-state index in [2.05, 4.69) is 5.32 Å². The molecule has 0 radical (unpaired) electrons. The van der Waals surface area contributed by atoms with Crippen LogP contribution in [0.5, 0.6) is 0 Å². The quantitative estimate of drug-likeness (QED) is 0.419. The van der Waals surface area contributed by atoms with E-state index in [0.717, 1.165) is 11.6 Å². The Bertz CT molecular complexity index is 1570. The van der Waals surface area contributed by atoms with Gasteiger partial charge in [-0.25, -0.2) is 14.0 Å². The Balaban J connectivity index is 1.44. The van der Waals surface area contributed by atoms with Gasteiger partial charge in [0.05, 0.1) is 22.5 Å². The number of hydrogen-bond donors (Lipinski definition) is 2. The van der Waals surface area contributed by atoms with E-state index in [0.29, 0.717) is 46.3 Å². The molecule has 1 aliphatic heterocycles. The van der Waals surface area contributed by atoms with Gasteiger partial charge in [0.25, 0.3) is 0 Å². The molecule has 4 aromatic rings. The van der Waals surface area contributed by atoms with Gasteiger partial charge in [0, 0.05) is 17.5 Å². The summed E-state index contributed by atoms with van der Waals surface area (Å²) in [6.45, 7) is 4.36. The Morgan fingerprint density at radius 3 is 2.53 bits per heavy atom. The van der Waals surface area contributed by atoms with Crippen LogP contribution >= 0.6 is 11.8 Å². The molecule has 0 saturated heterocycles.